The van der Waals surface area contributed by atoms with Crippen molar-refractivity contribution < 1.29 is 0 Å². The maximum absolute atomic E-state index is 2.39. The Balaban J connectivity index is 2.01. The molecule has 0 heterocycles. The fourth-order valence-electron chi connectivity index (χ4n) is 2.22. The van der Waals surface area contributed by atoms with Crippen molar-refractivity contribution in [1.82, 2.24) is 0 Å². The largest absolute Gasteiger partial charge is 0.0828 e. The molecule has 0 radical (unpaired) electrons. The van der Waals surface area contributed by atoms with Crippen molar-refractivity contribution in [3.8, 4) is 0 Å². The molecule has 0 nitrogen and oxygen atoms in total. The van der Waals surface area contributed by atoms with E-state index in [2.05, 4.69) is 84.0 Å². The molecule has 18 heavy (non-hydrogen) atoms. The van der Waals surface area contributed by atoms with Gasteiger partial charge < -0.3 is 0 Å². The number of hydrogen-bond acceptors (Lipinski definition) is 2. The van der Waals surface area contributed by atoms with Crippen LogP contribution in [-0.2, 0) is 0 Å². The molecule has 98 valence electrons. The Kier molecular flexibility index (Phi) is 4.85. The van der Waals surface area contributed by atoms with Crippen LogP contribution in [0.4, 0.5) is 0 Å². The van der Waals surface area contributed by atoms with Crippen LogP contribution < -0.4 is 0 Å². The van der Waals surface area contributed by atoms with Gasteiger partial charge in [0.2, 0.25) is 0 Å². The highest BCUT2D eigenvalue weighted by Gasteiger charge is 2.33. The van der Waals surface area contributed by atoms with Crippen molar-refractivity contribution in [3.05, 3.63) is 48.6 Å². The van der Waals surface area contributed by atoms with Gasteiger partial charge in [-0.15, -0.1) is 0 Å². The quantitative estimate of drug-likeness (QED) is 0.592. The van der Waals surface area contributed by atoms with Crippen LogP contribution in [0.15, 0.2) is 48.6 Å². The summed E-state index contributed by atoms with van der Waals surface area (Å²) >= 11 is 0. The minimum atomic E-state index is 0.302. The molecule has 2 aliphatic rings. The van der Waals surface area contributed by atoms with Crippen LogP contribution in [0, 0.1) is 0 Å². The normalized spacial score (nSPS) is 34.1. The van der Waals surface area contributed by atoms with Crippen LogP contribution in [0.2, 0.25) is 0 Å². The zero-order chi connectivity index (χ0) is 12.9. The Bertz CT molecular complexity index is 354. The summed E-state index contributed by atoms with van der Waals surface area (Å²) in [5.74, 6) is 0. The standard InChI is InChI=1S/C16H22S2/c1-3-15(11-7-5-8-12-15)17-18-16(4-2)13-9-6-10-14-16/h5-11,13H,3-4,12,14H2,1-2H3. The number of hydrogen-bond donors (Lipinski definition) is 0. The first kappa shape index (κ1) is 14.1. The predicted octanol–water partition coefficient (Wildman–Crippen LogP) is 5.70. The Hall–Kier alpha value is -0.340. The fraction of sp³-hybridized carbons (Fsp3) is 0.500. The summed E-state index contributed by atoms with van der Waals surface area (Å²) in [6, 6.07) is 0. The second-order valence-electron chi connectivity index (χ2n) is 4.99. The van der Waals surface area contributed by atoms with E-state index in [-0.39, 0.29) is 0 Å². The minimum absolute atomic E-state index is 0.302. The van der Waals surface area contributed by atoms with Crippen LogP contribution in [0.25, 0.3) is 0 Å². The highest BCUT2D eigenvalue weighted by atomic mass is 33.1. The molecule has 0 aromatic heterocycles. The molecule has 0 aliphatic heterocycles. The van der Waals surface area contributed by atoms with Gasteiger partial charge >= 0.3 is 0 Å². The van der Waals surface area contributed by atoms with E-state index in [1.165, 1.54) is 12.8 Å². The van der Waals surface area contributed by atoms with Gasteiger partial charge in [0.1, 0.15) is 0 Å². The zero-order valence-electron chi connectivity index (χ0n) is 11.3. The van der Waals surface area contributed by atoms with Gasteiger partial charge in [0.15, 0.2) is 0 Å². The van der Waals surface area contributed by atoms with E-state index in [1.807, 2.05) is 0 Å². The molecule has 2 unspecified atom stereocenters. The summed E-state index contributed by atoms with van der Waals surface area (Å²) in [7, 11) is 4.14. The Morgan fingerprint density at radius 3 is 1.50 bits per heavy atom. The summed E-state index contributed by atoms with van der Waals surface area (Å²) in [6.45, 7) is 4.60. The molecule has 0 fully saturated rings. The van der Waals surface area contributed by atoms with Gasteiger partial charge in [-0.3, -0.25) is 0 Å². The highest BCUT2D eigenvalue weighted by Crippen LogP contribution is 2.52. The molecule has 2 rings (SSSR count). The molecule has 0 N–H and O–H groups in total. The van der Waals surface area contributed by atoms with Gasteiger partial charge in [0, 0.05) is 9.49 Å². The van der Waals surface area contributed by atoms with Gasteiger partial charge in [0.25, 0.3) is 0 Å². The van der Waals surface area contributed by atoms with Gasteiger partial charge in [0.05, 0.1) is 0 Å². The van der Waals surface area contributed by atoms with Crippen molar-refractivity contribution in [2.45, 2.75) is 49.0 Å². The van der Waals surface area contributed by atoms with E-state index in [9.17, 15) is 0 Å². The lowest BCUT2D eigenvalue weighted by Gasteiger charge is -2.35. The average Bonchev–Trinajstić information content (AvgIpc) is 2.47. The van der Waals surface area contributed by atoms with Crippen molar-refractivity contribution in [1.29, 1.82) is 0 Å². The minimum Gasteiger partial charge on any atom is -0.0828 e. The molecular formula is C16H22S2. The van der Waals surface area contributed by atoms with Crippen LogP contribution in [0.1, 0.15) is 39.5 Å². The second kappa shape index (κ2) is 6.21. The third-order valence-electron chi connectivity index (χ3n) is 3.79. The molecule has 2 aliphatic carbocycles. The van der Waals surface area contributed by atoms with Crippen LogP contribution in [0.3, 0.4) is 0 Å². The zero-order valence-corrected chi connectivity index (χ0v) is 12.9. The smallest absolute Gasteiger partial charge is 0.0477 e. The summed E-state index contributed by atoms with van der Waals surface area (Å²) in [5, 5.41) is 0. The molecule has 2 heteroatoms. The molecule has 0 aromatic rings. The van der Waals surface area contributed by atoms with Crippen molar-refractivity contribution >= 4 is 21.6 Å². The Morgan fingerprint density at radius 1 is 0.778 bits per heavy atom. The average molecular weight is 278 g/mol. The third-order valence-corrected chi connectivity index (χ3v) is 7.96. The maximum atomic E-state index is 2.39. The second-order valence-corrected chi connectivity index (χ2v) is 7.95. The van der Waals surface area contributed by atoms with Crippen molar-refractivity contribution in [2.75, 3.05) is 0 Å². The summed E-state index contributed by atoms with van der Waals surface area (Å²) in [5.41, 5.74) is 0. The van der Waals surface area contributed by atoms with Crippen molar-refractivity contribution in [2.24, 2.45) is 0 Å². The number of allylic oxidation sites excluding steroid dienone is 6. The first-order valence-corrected chi connectivity index (χ1v) is 8.95. The van der Waals surface area contributed by atoms with Gasteiger partial charge in [-0.2, -0.15) is 0 Å². The monoisotopic (exact) mass is 278 g/mol. The van der Waals surface area contributed by atoms with E-state index < -0.39 is 0 Å². The molecular weight excluding hydrogens is 256 g/mol. The predicted molar refractivity (Wildman–Crippen MR) is 87.0 cm³/mol. The van der Waals surface area contributed by atoms with E-state index in [1.54, 1.807) is 0 Å². The summed E-state index contributed by atoms with van der Waals surface area (Å²) in [6.07, 6.45) is 22.8. The lowest BCUT2D eigenvalue weighted by atomic mass is 9.97. The highest BCUT2D eigenvalue weighted by molar-refractivity contribution is 8.77. The fourth-order valence-corrected chi connectivity index (χ4v) is 5.83. The van der Waals surface area contributed by atoms with Gasteiger partial charge in [-0.25, -0.2) is 0 Å². The third kappa shape index (κ3) is 3.16. The topological polar surface area (TPSA) is 0 Å². The molecule has 0 saturated heterocycles. The first-order valence-electron chi connectivity index (χ1n) is 6.80. The molecule has 0 amide bonds. The lowest BCUT2D eigenvalue weighted by Crippen LogP contribution is -2.25. The maximum Gasteiger partial charge on any atom is 0.0477 e. The van der Waals surface area contributed by atoms with Crippen molar-refractivity contribution in [3.63, 3.8) is 0 Å². The first-order chi connectivity index (χ1) is 8.74. The Morgan fingerprint density at radius 2 is 1.22 bits per heavy atom. The van der Waals surface area contributed by atoms with E-state index in [4.69, 9.17) is 0 Å². The van der Waals surface area contributed by atoms with Crippen LogP contribution >= 0.6 is 21.6 Å². The SMILES string of the molecule is CCC1(SSC2(CC)C=CC=CC2)C=CC=CC1. The summed E-state index contributed by atoms with van der Waals surface area (Å²) in [4.78, 5) is 0. The van der Waals surface area contributed by atoms with Crippen LogP contribution in [-0.4, -0.2) is 9.49 Å². The molecule has 0 aromatic carbocycles. The van der Waals surface area contributed by atoms with E-state index >= 15 is 0 Å². The van der Waals surface area contributed by atoms with Gasteiger partial charge in [-0.05, 0) is 25.7 Å². The molecule has 0 bridgehead atoms. The molecule has 0 spiro atoms. The van der Waals surface area contributed by atoms with Gasteiger partial charge in [-0.1, -0.05) is 84.0 Å². The number of rotatable bonds is 5. The van der Waals surface area contributed by atoms with E-state index in [0.717, 1.165) is 12.8 Å². The van der Waals surface area contributed by atoms with Crippen LogP contribution in [0.5, 0.6) is 0 Å². The molecule has 2 atom stereocenters. The lowest BCUT2D eigenvalue weighted by molar-refractivity contribution is 0.685. The summed E-state index contributed by atoms with van der Waals surface area (Å²) < 4.78 is 0.604. The van der Waals surface area contributed by atoms with E-state index in [0.29, 0.717) is 9.49 Å². The molecule has 0 saturated carbocycles. The Labute approximate surface area is 119 Å².